The summed E-state index contributed by atoms with van der Waals surface area (Å²) >= 11 is 3.15. The lowest BCUT2D eigenvalue weighted by atomic mass is 10.2. The van der Waals surface area contributed by atoms with Gasteiger partial charge in [0.15, 0.2) is 0 Å². The smallest absolute Gasteiger partial charge is 0.139 e. The van der Waals surface area contributed by atoms with Crippen molar-refractivity contribution in [2.45, 2.75) is 13.5 Å². The largest absolute Gasteiger partial charge is 0.379 e. The highest BCUT2D eigenvalue weighted by atomic mass is 79.9. The van der Waals surface area contributed by atoms with Crippen LogP contribution in [0.25, 0.3) is 0 Å². The first-order valence-electron chi connectivity index (χ1n) is 5.11. The van der Waals surface area contributed by atoms with Crippen molar-refractivity contribution >= 4 is 21.6 Å². The topological polar surface area (TPSA) is 42.7 Å². The third-order valence-electron chi connectivity index (χ3n) is 2.38. The van der Waals surface area contributed by atoms with Gasteiger partial charge in [-0.3, -0.25) is 4.68 Å². The normalized spacial score (nSPS) is 10.6. The van der Waals surface area contributed by atoms with Gasteiger partial charge in [0.2, 0.25) is 0 Å². The molecule has 6 heteroatoms. The van der Waals surface area contributed by atoms with Gasteiger partial charge in [0.25, 0.3) is 0 Å². The van der Waals surface area contributed by atoms with Crippen molar-refractivity contribution in [3.8, 4) is 0 Å². The van der Waals surface area contributed by atoms with E-state index in [1.165, 1.54) is 6.07 Å². The fraction of sp³-hybridized carbons (Fsp3) is 0.273. The predicted octanol–water partition coefficient (Wildman–Crippen LogP) is 2.64. The summed E-state index contributed by atoms with van der Waals surface area (Å²) in [6, 6.07) is 3.21. The van der Waals surface area contributed by atoms with Crippen molar-refractivity contribution in [2.24, 2.45) is 7.05 Å². The Balaban J connectivity index is 2.11. The number of halogens is 2. The molecule has 0 bridgehead atoms. The Hall–Kier alpha value is -1.43. The maximum absolute atomic E-state index is 13.4. The summed E-state index contributed by atoms with van der Waals surface area (Å²) in [7, 11) is 1.81. The second-order valence-electron chi connectivity index (χ2n) is 3.82. The number of aromatic nitrogens is 3. The van der Waals surface area contributed by atoms with Crippen LogP contribution in [0.3, 0.4) is 0 Å². The molecule has 4 nitrogen and oxygen atoms in total. The number of nitrogens with one attached hydrogen (secondary N) is 1. The van der Waals surface area contributed by atoms with Crippen LogP contribution in [0.5, 0.6) is 0 Å². The maximum atomic E-state index is 13.4. The molecule has 1 aromatic heterocycles. The Kier molecular flexibility index (Phi) is 3.42. The van der Waals surface area contributed by atoms with Gasteiger partial charge in [-0.15, -0.1) is 5.10 Å². The molecule has 2 aromatic rings. The number of rotatable bonds is 3. The molecule has 1 aromatic carbocycles. The van der Waals surface area contributed by atoms with Gasteiger partial charge in [-0.05, 0) is 40.5 Å². The molecule has 0 amide bonds. The van der Waals surface area contributed by atoms with Crippen LogP contribution in [0.1, 0.15) is 11.3 Å². The second-order valence-corrected chi connectivity index (χ2v) is 4.67. The monoisotopic (exact) mass is 298 g/mol. The van der Waals surface area contributed by atoms with E-state index < -0.39 is 0 Å². The number of aryl methyl sites for hydroxylation is 2. The summed E-state index contributed by atoms with van der Waals surface area (Å²) in [6.45, 7) is 2.44. The van der Waals surface area contributed by atoms with Crippen molar-refractivity contribution in [1.29, 1.82) is 0 Å². The Labute approximate surface area is 107 Å². The zero-order chi connectivity index (χ0) is 12.4. The molecule has 1 N–H and O–H groups in total. The molecule has 0 saturated heterocycles. The molecule has 0 atom stereocenters. The van der Waals surface area contributed by atoms with E-state index in [0.29, 0.717) is 11.0 Å². The van der Waals surface area contributed by atoms with E-state index in [1.54, 1.807) is 17.8 Å². The summed E-state index contributed by atoms with van der Waals surface area (Å²) in [5.41, 5.74) is 2.55. The van der Waals surface area contributed by atoms with Crippen LogP contribution < -0.4 is 5.32 Å². The molecule has 0 saturated carbocycles. The van der Waals surface area contributed by atoms with Crippen molar-refractivity contribution in [1.82, 2.24) is 15.0 Å². The van der Waals surface area contributed by atoms with Gasteiger partial charge in [0.05, 0.1) is 11.0 Å². The molecule has 0 aliphatic carbocycles. The number of hydrogen-bond donors (Lipinski definition) is 1. The standard InChI is InChI=1S/C11H12BrFN4/c1-7-3-9(12)10(13)4-11(7)14-5-8-6-17(2)16-15-8/h3-4,6,14H,5H2,1-2H3. The Morgan fingerprint density at radius 1 is 1.47 bits per heavy atom. The van der Waals surface area contributed by atoms with E-state index in [4.69, 9.17) is 0 Å². The minimum Gasteiger partial charge on any atom is -0.379 e. The molecule has 17 heavy (non-hydrogen) atoms. The molecule has 0 unspecified atom stereocenters. The average molecular weight is 299 g/mol. The van der Waals surface area contributed by atoms with Crippen molar-refractivity contribution in [2.75, 3.05) is 5.32 Å². The van der Waals surface area contributed by atoms with Crippen LogP contribution >= 0.6 is 15.9 Å². The molecule has 0 aliphatic rings. The van der Waals surface area contributed by atoms with E-state index in [0.717, 1.165) is 16.9 Å². The molecule has 0 radical (unpaired) electrons. The highest BCUT2D eigenvalue weighted by Gasteiger charge is 2.05. The molecule has 90 valence electrons. The fourth-order valence-corrected chi connectivity index (χ4v) is 1.96. The van der Waals surface area contributed by atoms with E-state index >= 15 is 0 Å². The molecular weight excluding hydrogens is 287 g/mol. The third kappa shape index (κ3) is 2.82. The van der Waals surface area contributed by atoms with Crippen LogP contribution in [0.2, 0.25) is 0 Å². The summed E-state index contributed by atoms with van der Waals surface area (Å²) in [5, 5.41) is 10.9. The Morgan fingerprint density at radius 3 is 2.88 bits per heavy atom. The highest BCUT2D eigenvalue weighted by Crippen LogP contribution is 2.24. The Morgan fingerprint density at radius 2 is 2.24 bits per heavy atom. The van der Waals surface area contributed by atoms with Crippen LogP contribution in [0.15, 0.2) is 22.8 Å². The van der Waals surface area contributed by atoms with Crippen LogP contribution in [0.4, 0.5) is 10.1 Å². The SMILES string of the molecule is Cc1cc(Br)c(F)cc1NCc1cn(C)nn1. The molecule has 0 aliphatic heterocycles. The zero-order valence-electron chi connectivity index (χ0n) is 9.54. The number of hydrogen-bond acceptors (Lipinski definition) is 3. The summed E-state index contributed by atoms with van der Waals surface area (Å²) < 4.78 is 15.5. The number of nitrogens with zero attached hydrogens (tertiary/aromatic N) is 3. The average Bonchev–Trinajstić information content (AvgIpc) is 2.68. The van der Waals surface area contributed by atoms with Crippen LogP contribution in [-0.2, 0) is 13.6 Å². The molecular formula is C11H12BrFN4. The number of benzene rings is 1. The van der Waals surface area contributed by atoms with Gasteiger partial charge in [-0.25, -0.2) is 4.39 Å². The molecule has 1 heterocycles. The van der Waals surface area contributed by atoms with Gasteiger partial charge < -0.3 is 5.32 Å². The van der Waals surface area contributed by atoms with E-state index in [-0.39, 0.29) is 5.82 Å². The minimum absolute atomic E-state index is 0.280. The molecule has 2 rings (SSSR count). The van der Waals surface area contributed by atoms with E-state index in [1.807, 2.05) is 13.1 Å². The quantitative estimate of drug-likeness (QED) is 0.947. The first-order valence-corrected chi connectivity index (χ1v) is 5.90. The maximum Gasteiger partial charge on any atom is 0.139 e. The van der Waals surface area contributed by atoms with Gasteiger partial charge >= 0.3 is 0 Å². The summed E-state index contributed by atoms with van der Waals surface area (Å²) in [6.07, 6.45) is 1.82. The summed E-state index contributed by atoms with van der Waals surface area (Å²) in [5.74, 6) is -0.280. The minimum atomic E-state index is -0.280. The first-order chi connectivity index (χ1) is 8.06. The number of anilines is 1. The van der Waals surface area contributed by atoms with Gasteiger partial charge in [0.1, 0.15) is 11.5 Å². The molecule has 0 spiro atoms. The van der Waals surface area contributed by atoms with E-state index in [2.05, 4.69) is 31.6 Å². The van der Waals surface area contributed by atoms with Crippen molar-refractivity contribution in [3.05, 3.63) is 39.9 Å². The van der Waals surface area contributed by atoms with Crippen molar-refractivity contribution < 1.29 is 4.39 Å². The van der Waals surface area contributed by atoms with Gasteiger partial charge in [-0.1, -0.05) is 5.21 Å². The zero-order valence-corrected chi connectivity index (χ0v) is 11.1. The van der Waals surface area contributed by atoms with E-state index in [9.17, 15) is 4.39 Å². The van der Waals surface area contributed by atoms with Gasteiger partial charge in [0, 0.05) is 18.9 Å². The van der Waals surface area contributed by atoms with Crippen LogP contribution in [0, 0.1) is 12.7 Å². The van der Waals surface area contributed by atoms with Crippen LogP contribution in [-0.4, -0.2) is 15.0 Å². The predicted molar refractivity (Wildman–Crippen MR) is 67.2 cm³/mol. The highest BCUT2D eigenvalue weighted by molar-refractivity contribution is 9.10. The Bertz CT molecular complexity index is 538. The molecule has 0 fully saturated rings. The lowest BCUT2D eigenvalue weighted by Crippen LogP contribution is -2.02. The fourth-order valence-electron chi connectivity index (χ4n) is 1.50. The third-order valence-corrected chi connectivity index (χ3v) is 2.99. The summed E-state index contributed by atoms with van der Waals surface area (Å²) in [4.78, 5) is 0. The van der Waals surface area contributed by atoms with Crippen molar-refractivity contribution in [3.63, 3.8) is 0 Å². The lowest BCUT2D eigenvalue weighted by Gasteiger charge is -2.09. The van der Waals surface area contributed by atoms with Gasteiger partial charge in [-0.2, -0.15) is 0 Å². The lowest BCUT2D eigenvalue weighted by molar-refractivity contribution is 0.621. The first kappa shape index (κ1) is 12.0. The second kappa shape index (κ2) is 4.83.